The SMILES string of the molecule is CCN(CC)CCCNC(=O)CCOCCOCCNC(=O)CCN(CCC(=O)NCCOCCOCCC(=O)NCCCN(CC)CC)Cc1cn(CCOCCOCCNC(=O)CN2CCN(CC(=O)O)CCN(CC(=O)O)CCN(CC(=O)O)CC2)nn1. The van der Waals surface area contributed by atoms with Crippen LogP contribution in [0, 0.1) is 0 Å². The molecule has 1 fully saturated rings. The molecule has 0 aromatic carbocycles. The van der Waals surface area contributed by atoms with Crippen LogP contribution in [0.2, 0.25) is 0 Å². The molecule has 1 aliphatic heterocycles. The van der Waals surface area contributed by atoms with Gasteiger partial charge in [0.2, 0.25) is 29.5 Å². The minimum absolute atomic E-state index is 0.0105. The Balaban J connectivity index is 1.77. The average molecular weight is 1300 g/mol. The first kappa shape index (κ1) is 81.5. The number of nitrogens with zero attached hydrogens (tertiary/aromatic N) is 10. The smallest absolute Gasteiger partial charge is 0.317 e. The highest BCUT2D eigenvalue weighted by Crippen LogP contribution is 2.06. The fourth-order valence-corrected chi connectivity index (χ4v) is 9.32. The highest BCUT2D eigenvalue weighted by molar-refractivity contribution is 5.78. The number of carboxylic acid groups (broad SMARTS) is 3. The summed E-state index contributed by atoms with van der Waals surface area (Å²) in [5.41, 5.74) is 0.630. The third kappa shape index (κ3) is 46.2. The van der Waals surface area contributed by atoms with Crippen LogP contribution >= 0.6 is 0 Å². The zero-order valence-electron chi connectivity index (χ0n) is 54.9. The molecule has 5 amide bonds. The van der Waals surface area contributed by atoms with Gasteiger partial charge in [-0.25, -0.2) is 4.68 Å². The van der Waals surface area contributed by atoms with Gasteiger partial charge in [-0.3, -0.25) is 62.9 Å². The standard InChI is InChI=1S/C59H111N15O17/c1-5-67(6-2)20-9-15-60-54(77)13-33-86-39-41-88-35-17-62-52(75)11-22-69(23-12-53(76)63-18-36-89-42-40-87-34-14-55(78)61-16-10-21-68(7-3)8-4)45-51-46-74(66-65-51)32-38-91-44-43-90-37-19-64-56(79)47-70-24-26-71(48-57(80)81)28-30-73(50-59(84)85)31-29-72(27-25-70)49-58(82)83/h46H,5-45,47-50H2,1-4H3,(H,60,77)(H,61,78)(H,62,75)(H,63,76)(H,64,79)(H,80,81)(H,82,83)(H,84,85). The van der Waals surface area contributed by atoms with Crippen LogP contribution in [-0.4, -0.2) is 355 Å². The van der Waals surface area contributed by atoms with Crippen LogP contribution in [0.3, 0.4) is 0 Å². The van der Waals surface area contributed by atoms with Gasteiger partial charge in [-0.15, -0.1) is 5.10 Å². The Morgan fingerprint density at radius 1 is 0.407 bits per heavy atom. The number of aliphatic carboxylic acids is 3. The van der Waals surface area contributed by atoms with E-state index in [4.69, 9.17) is 28.4 Å². The quantitative estimate of drug-likeness (QED) is 0.0307. The van der Waals surface area contributed by atoms with Crippen molar-refractivity contribution >= 4 is 47.4 Å². The summed E-state index contributed by atoms with van der Waals surface area (Å²) >= 11 is 0. The molecule has 32 heteroatoms. The lowest BCUT2D eigenvalue weighted by Gasteiger charge is -2.32. The molecule has 1 aliphatic rings. The molecule has 0 radical (unpaired) electrons. The molecular weight excluding hydrogens is 1190 g/mol. The predicted octanol–water partition coefficient (Wildman–Crippen LogP) is -2.74. The Kier molecular flexibility index (Phi) is 48.2. The molecule has 0 spiro atoms. The number of hydrogen-bond donors (Lipinski definition) is 8. The lowest BCUT2D eigenvalue weighted by molar-refractivity contribution is -0.140. The second-order valence-electron chi connectivity index (χ2n) is 21.7. The summed E-state index contributed by atoms with van der Waals surface area (Å²) in [6.07, 6.45) is 4.42. The molecular formula is C59H111N15O17. The zero-order valence-corrected chi connectivity index (χ0v) is 54.9. The van der Waals surface area contributed by atoms with Crippen molar-refractivity contribution in [1.82, 2.24) is 75.9 Å². The molecule has 2 heterocycles. The number of carbonyl (C=O) groups excluding carboxylic acids is 5. The van der Waals surface area contributed by atoms with Gasteiger partial charge in [0.15, 0.2) is 0 Å². The summed E-state index contributed by atoms with van der Waals surface area (Å²) in [5, 5.41) is 51.4. The van der Waals surface area contributed by atoms with Crippen molar-refractivity contribution in [3.8, 4) is 0 Å². The van der Waals surface area contributed by atoms with E-state index in [1.54, 1.807) is 25.6 Å². The first-order valence-electron chi connectivity index (χ1n) is 32.4. The molecule has 1 saturated heterocycles. The zero-order chi connectivity index (χ0) is 66.5. The van der Waals surface area contributed by atoms with Crippen LogP contribution in [0.4, 0.5) is 0 Å². The predicted molar refractivity (Wildman–Crippen MR) is 337 cm³/mol. The van der Waals surface area contributed by atoms with Crippen molar-refractivity contribution in [2.24, 2.45) is 0 Å². The second-order valence-corrected chi connectivity index (χ2v) is 21.7. The van der Waals surface area contributed by atoms with Crippen molar-refractivity contribution in [2.45, 2.75) is 79.3 Å². The molecule has 1 aromatic rings. The van der Waals surface area contributed by atoms with Crippen LogP contribution in [0.25, 0.3) is 0 Å². The van der Waals surface area contributed by atoms with E-state index in [1.807, 2.05) is 9.80 Å². The number of carbonyl (C=O) groups is 8. The molecule has 0 unspecified atom stereocenters. The van der Waals surface area contributed by atoms with E-state index in [0.717, 1.165) is 52.1 Å². The van der Waals surface area contributed by atoms with Gasteiger partial charge >= 0.3 is 17.9 Å². The monoisotopic (exact) mass is 1300 g/mol. The summed E-state index contributed by atoms with van der Waals surface area (Å²) in [5.74, 6) is -3.86. The fraction of sp³-hybridized carbons (Fsp3) is 0.831. The van der Waals surface area contributed by atoms with E-state index in [9.17, 15) is 53.7 Å². The third-order valence-electron chi connectivity index (χ3n) is 14.6. The Labute approximate surface area is 537 Å². The van der Waals surface area contributed by atoms with Gasteiger partial charge in [-0.05, 0) is 52.1 Å². The molecule has 1 aromatic heterocycles. The second kappa shape index (κ2) is 53.8. The molecule has 524 valence electrons. The van der Waals surface area contributed by atoms with Gasteiger partial charge in [0.25, 0.3) is 0 Å². The van der Waals surface area contributed by atoms with Gasteiger partial charge < -0.3 is 80.1 Å². The third-order valence-corrected chi connectivity index (χ3v) is 14.6. The molecule has 32 nitrogen and oxygen atoms in total. The Hall–Kier alpha value is -5.62. The largest absolute Gasteiger partial charge is 0.480 e. The average Bonchev–Trinajstić information content (AvgIpc) is 2.83. The molecule has 2 rings (SSSR count). The molecule has 8 N–H and O–H groups in total. The number of aromatic nitrogens is 3. The van der Waals surface area contributed by atoms with E-state index >= 15 is 0 Å². The maximum atomic E-state index is 13.0. The number of hydrogen-bond acceptors (Lipinski definition) is 23. The number of nitrogens with one attached hydrogen (secondary N) is 5. The van der Waals surface area contributed by atoms with E-state index < -0.39 is 17.9 Å². The van der Waals surface area contributed by atoms with E-state index in [2.05, 4.69) is 74.4 Å². The van der Waals surface area contributed by atoms with Crippen molar-refractivity contribution in [3.05, 3.63) is 11.9 Å². The van der Waals surface area contributed by atoms with E-state index in [-0.39, 0.29) is 147 Å². The fourth-order valence-electron chi connectivity index (χ4n) is 9.32. The Morgan fingerprint density at radius 3 is 1.11 bits per heavy atom. The normalized spacial score (nSPS) is 14.1. The van der Waals surface area contributed by atoms with Crippen LogP contribution in [0.5, 0.6) is 0 Å². The van der Waals surface area contributed by atoms with Gasteiger partial charge in [0.05, 0.1) is 118 Å². The number of amides is 5. The molecule has 0 atom stereocenters. The van der Waals surface area contributed by atoms with E-state index in [0.29, 0.717) is 130 Å². The lowest BCUT2D eigenvalue weighted by atomic mass is 10.3. The number of carboxylic acids is 3. The summed E-state index contributed by atoms with van der Waals surface area (Å²) in [6, 6.07) is 0. The number of ether oxygens (including phenoxy) is 6. The summed E-state index contributed by atoms with van der Waals surface area (Å²) in [7, 11) is 0. The maximum absolute atomic E-state index is 13.0. The number of rotatable bonds is 55. The summed E-state index contributed by atoms with van der Waals surface area (Å²) in [6.45, 7) is 22.8. The lowest BCUT2D eigenvalue weighted by Crippen LogP contribution is -2.50. The van der Waals surface area contributed by atoms with Crippen molar-refractivity contribution in [1.29, 1.82) is 0 Å². The van der Waals surface area contributed by atoms with Crippen LogP contribution in [-0.2, 0) is 79.9 Å². The van der Waals surface area contributed by atoms with Gasteiger partial charge in [0, 0.05) is 137 Å². The van der Waals surface area contributed by atoms with Crippen LogP contribution < -0.4 is 26.6 Å². The Morgan fingerprint density at radius 2 is 0.736 bits per heavy atom. The molecule has 91 heavy (non-hydrogen) atoms. The van der Waals surface area contributed by atoms with Gasteiger partial charge in [-0.1, -0.05) is 32.9 Å². The van der Waals surface area contributed by atoms with Crippen LogP contribution in [0.15, 0.2) is 6.20 Å². The van der Waals surface area contributed by atoms with Gasteiger partial charge in [0.1, 0.15) is 0 Å². The molecule has 0 bridgehead atoms. The summed E-state index contributed by atoms with van der Waals surface area (Å²) in [4.78, 5) is 111. The molecule has 0 aliphatic carbocycles. The first-order chi connectivity index (χ1) is 44.0. The minimum atomic E-state index is -1.04. The summed E-state index contributed by atoms with van der Waals surface area (Å²) < 4.78 is 35.4. The van der Waals surface area contributed by atoms with Crippen molar-refractivity contribution in [2.75, 3.05) is 243 Å². The van der Waals surface area contributed by atoms with Crippen molar-refractivity contribution < 1.29 is 82.1 Å². The maximum Gasteiger partial charge on any atom is 0.317 e. The van der Waals surface area contributed by atoms with Gasteiger partial charge in [-0.2, -0.15) is 0 Å². The molecule has 0 saturated carbocycles. The minimum Gasteiger partial charge on any atom is -0.480 e. The highest BCUT2D eigenvalue weighted by Gasteiger charge is 2.22. The van der Waals surface area contributed by atoms with Crippen molar-refractivity contribution in [3.63, 3.8) is 0 Å². The Bertz CT molecular complexity index is 2030. The highest BCUT2D eigenvalue weighted by atomic mass is 16.5. The topological polar surface area (TPSA) is 366 Å². The first-order valence-corrected chi connectivity index (χ1v) is 32.4. The van der Waals surface area contributed by atoms with E-state index in [1.165, 1.54) is 0 Å². The van der Waals surface area contributed by atoms with Crippen LogP contribution in [0.1, 0.15) is 71.9 Å².